The van der Waals surface area contributed by atoms with Gasteiger partial charge < -0.3 is 13.7 Å². The van der Waals surface area contributed by atoms with Crippen molar-refractivity contribution in [1.29, 1.82) is 0 Å². The largest absolute Gasteiger partial charge is 0.455 e. The van der Waals surface area contributed by atoms with E-state index in [4.69, 9.17) is 8.83 Å². The first-order valence-corrected chi connectivity index (χ1v) is 19.3. The van der Waals surface area contributed by atoms with Crippen molar-refractivity contribution < 1.29 is 8.83 Å². The van der Waals surface area contributed by atoms with Gasteiger partial charge in [-0.15, -0.1) is 0 Å². The number of rotatable bonds is 4. The van der Waals surface area contributed by atoms with Crippen LogP contribution in [0.15, 0.2) is 185 Å². The van der Waals surface area contributed by atoms with Crippen LogP contribution in [-0.4, -0.2) is 0 Å². The molecule has 3 nitrogen and oxygen atoms in total. The van der Waals surface area contributed by atoms with Crippen LogP contribution in [0.5, 0.6) is 0 Å². The highest BCUT2D eigenvalue weighted by atomic mass is 16.3. The van der Waals surface area contributed by atoms with Crippen LogP contribution >= 0.6 is 0 Å². The highest BCUT2D eigenvalue weighted by molar-refractivity contribution is 6.21. The smallest absolute Gasteiger partial charge is 0.143 e. The highest BCUT2D eigenvalue weighted by Crippen LogP contribution is 2.52. The molecule has 3 heteroatoms. The Hall–Kier alpha value is -7.10. The Morgan fingerprint density at radius 3 is 1.98 bits per heavy atom. The predicted octanol–water partition coefficient (Wildman–Crippen LogP) is 15.2. The molecule has 2 aromatic heterocycles. The van der Waals surface area contributed by atoms with Crippen LogP contribution in [0.2, 0.25) is 0 Å². The van der Waals surface area contributed by atoms with Crippen LogP contribution in [0.1, 0.15) is 25.0 Å². The second-order valence-electron chi connectivity index (χ2n) is 15.7. The average molecular weight is 718 g/mol. The summed E-state index contributed by atoms with van der Waals surface area (Å²) in [5.41, 5.74) is 13.9. The van der Waals surface area contributed by atoms with E-state index in [1.165, 1.54) is 33.0 Å². The SMILES string of the molecule is CC1(C)c2ccccc2-c2ccc(N(c3ccc4ccccc4c3)c3cc(-c4cccc5c4oc4ccccc45)cc4oc5c6ccccc6ccc5c34)cc21. The first-order chi connectivity index (χ1) is 27.5. The van der Waals surface area contributed by atoms with Crippen LogP contribution in [0.3, 0.4) is 0 Å². The molecule has 9 aromatic carbocycles. The van der Waals surface area contributed by atoms with Crippen molar-refractivity contribution in [3.63, 3.8) is 0 Å². The molecule has 0 unspecified atom stereocenters. The highest BCUT2D eigenvalue weighted by Gasteiger charge is 2.36. The van der Waals surface area contributed by atoms with Gasteiger partial charge in [0.15, 0.2) is 0 Å². The molecule has 0 spiro atoms. The Kier molecular flexibility index (Phi) is 6.40. The normalized spacial score (nSPS) is 13.3. The first kappa shape index (κ1) is 31.3. The van der Waals surface area contributed by atoms with Gasteiger partial charge in [-0.05, 0) is 92.5 Å². The van der Waals surface area contributed by atoms with Crippen molar-refractivity contribution in [2.75, 3.05) is 4.90 Å². The number of hydrogen-bond acceptors (Lipinski definition) is 3. The van der Waals surface area contributed by atoms with E-state index in [0.717, 1.165) is 82.8 Å². The summed E-state index contributed by atoms with van der Waals surface area (Å²) in [7, 11) is 0. The maximum absolute atomic E-state index is 7.02. The van der Waals surface area contributed by atoms with E-state index in [9.17, 15) is 0 Å². The fourth-order valence-electron chi connectivity index (χ4n) is 9.49. The molecule has 0 radical (unpaired) electrons. The topological polar surface area (TPSA) is 29.5 Å². The number of benzene rings is 9. The third kappa shape index (κ3) is 4.40. The maximum atomic E-state index is 7.02. The Labute approximate surface area is 323 Å². The molecular weight excluding hydrogens is 683 g/mol. The molecule has 0 saturated heterocycles. The molecule has 0 bridgehead atoms. The number of para-hydroxylation sites is 2. The fraction of sp³-hybridized carbons (Fsp3) is 0.0566. The quantitative estimate of drug-likeness (QED) is 0.182. The second kappa shape index (κ2) is 11.5. The molecule has 1 aliphatic rings. The molecule has 0 amide bonds. The van der Waals surface area contributed by atoms with Crippen molar-refractivity contribution in [3.8, 4) is 22.3 Å². The lowest BCUT2D eigenvalue weighted by molar-refractivity contribution is 0.660. The molecule has 12 rings (SSSR count). The zero-order chi connectivity index (χ0) is 37.1. The molecule has 0 saturated carbocycles. The molecule has 264 valence electrons. The standard InChI is InChI=1S/C53H35NO2/c1-53(2)45-20-9-7-16-40(45)41-27-25-37(31-46(41)53)54(36-24-22-32-12-3-4-14-34(32)28-36)47-29-35(39-18-11-19-43-42-17-8-10-21-48(42)55-51(39)43)30-49-50(47)44-26-23-33-13-5-6-15-38(33)52(44)56-49/h3-31H,1-2H3. The molecule has 0 fully saturated rings. The number of fused-ring (bicyclic) bond motifs is 12. The van der Waals surface area contributed by atoms with E-state index in [2.05, 4.69) is 183 Å². The summed E-state index contributed by atoms with van der Waals surface area (Å²) in [5, 5.41) is 9.01. The van der Waals surface area contributed by atoms with E-state index in [1.54, 1.807) is 0 Å². The Morgan fingerprint density at radius 1 is 0.411 bits per heavy atom. The maximum Gasteiger partial charge on any atom is 0.143 e. The van der Waals surface area contributed by atoms with Crippen molar-refractivity contribution in [3.05, 3.63) is 187 Å². The third-order valence-corrected chi connectivity index (χ3v) is 12.2. The van der Waals surface area contributed by atoms with Crippen LogP contribution in [0.4, 0.5) is 17.1 Å². The minimum atomic E-state index is -0.160. The van der Waals surface area contributed by atoms with Gasteiger partial charge >= 0.3 is 0 Å². The summed E-state index contributed by atoms with van der Waals surface area (Å²) in [6.07, 6.45) is 0. The van der Waals surface area contributed by atoms with Crippen molar-refractivity contribution in [1.82, 2.24) is 0 Å². The summed E-state index contributed by atoms with van der Waals surface area (Å²) in [5.74, 6) is 0. The first-order valence-electron chi connectivity index (χ1n) is 19.3. The lowest BCUT2D eigenvalue weighted by Crippen LogP contribution is -2.16. The second-order valence-corrected chi connectivity index (χ2v) is 15.7. The van der Waals surface area contributed by atoms with Gasteiger partial charge in [0.1, 0.15) is 22.3 Å². The Morgan fingerprint density at radius 2 is 1.07 bits per heavy atom. The van der Waals surface area contributed by atoms with E-state index in [-0.39, 0.29) is 5.41 Å². The van der Waals surface area contributed by atoms with Crippen molar-refractivity contribution >= 4 is 82.5 Å². The van der Waals surface area contributed by atoms with Gasteiger partial charge in [-0.25, -0.2) is 0 Å². The Balaban J connectivity index is 1.20. The molecule has 0 N–H and O–H groups in total. The molecule has 2 heterocycles. The third-order valence-electron chi connectivity index (χ3n) is 12.2. The number of anilines is 3. The average Bonchev–Trinajstić information content (AvgIpc) is 3.89. The lowest BCUT2D eigenvalue weighted by Gasteiger charge is -2.29. The van der Waals surface area contributed by atoms with Gasteiger partial charge in [0.05, 0.1) is 11.1 Å². The number of furan rings is 2. The van der Waals surface area contributed by atoms with Gasteiger partial charge in [-0.3, -0.25) is 0 Å². The molecule has 11 aromatic rings. The number of hydrogen-bond donors (Lipinski definition) is 0. The van der Waals surface area contributed by atoms with Crippen LogP contribution in [-0.2, 0) is 5.41 Å². The molecule has 0 atom stereocenters. The summed E-state index contributed by atoms with van der Waals surface area (Å²) in [4.78, 5) is 2.44. The van der Waals surface area contributed by atoms with Crippen molar-refractivity contribution in [2.45, 2.75) is 19.3 Å². The molecule has 56 heavy (non-hydrogen) atoms. The molecular formula is C53H35NO2. The molecule has 1 aliphatic carbocycles. The fourth-order valence-corrected chi connectivity index (χ4v) is 9.49. The summed E-state index contributed by atoms with van der Waals surface area (Å²) >= 11 is 0. The minimum absolute atomic E-state index is 0.160. The zero-order valence-electron chi connectivity index (χ0n) is 31.0. The summed E-state index contributed by atoms with van der Waals surface area (Å²) < 4.78 is 13.7. The van der Waals surface area contributed by atoms with Crippen LogP contribution < -0.4 is 4.90 Å². The van der Waals surface area contributed by atoms with Gasteiger partial charge in [0, 0.05) is 43.9 Å². The summed E-state index contributed by atoms with van der Waals surface area (Å²) in [6, 6.07) is 63.6. The van der Waals surface area contributed by atoms with Crippen LogP contribution in [0, 0.1) is 0 Å². The van der Waals surface area contributed by atoms with Crippen LogP contribution in [0.25, 0.3) is 87.7 Å². The number of nitrogens with zero attached hydrogens (tertiary/aromatic N) is 1. The van der Waals surface area contributed by atoms with Crippen molar-refractivity contribution in [2.24, 2.45) is 0 Å². The zero-order valence-corrected chi connectivity index (χ0v) is 31.0. The minimum Gasteiger partial charge on any atom is -0.455 e. The predicted molar refractivity (Wildman–Crippen MR) is 234 cm³/mol. The van der Waals surface area contributed by atoms with Gasteiger partial charge in [0.25, 0.3) is 0 Å². The Bertz CT molecular complexity index is 3420. The van der Waals surface area contributed by atoms with E-state index in [1.807, 2.05) is 12.1 Å². The van der Waals surface area contributed by atoms with E-state index in [0.29, 0.717) is 0 Å². The molecule has 0 aliphatic heterocycles. The summed E-state index contributed by atoms with van der Waals surface area (Å²) in [6.45, 7) is 4.70. The van der Waals surface area contributed by atoms with E-state index < -0.39 is 0 Å². The van der Waals surface area contributed by atoms with Gasteiger partial charge in [0.2, 0.25) is 0 Å². The van der Waals surface area contributed by atoms with E-state index >= 15 is 0 Å². The lowest BCUT2D eigenvalue weighted by atomic mass is 9.82. The van der Waals surface area contributed by atoms with Gasteiger partial charge in [-0.2, -0.15) is 0 Å². The monoisotopic (exact) mass is 717 g/mol. The van der Waals surface area contributed by atoms with Gasteiger partial charge in [-0.1, -0.05) is 141 Å².